The molecule has 1 aliphatic rings. The fraction of sp³-hybridized carbons (Fsp3) is 0.368. The molecule has 122 valence electrons. The number of nitrogen functional groups attached to an aromatic ring is 1. The van der Waals surface area contributed by atoms with Gasteiger partial charge in [-0.3, -0.25) is 0 Å². The van der Waals surface area contributed by atoms with Crippen LogP contribution in [0.4, 0.5) is 11.4 Å². The average Bonchev–Trinajstić information content (AvgIpc) is 2.54. The summed E-state index contributed by atoms with van der Waals surface area (Å²) in [4.78, 5) is 2.32. The maximum absolute atomic E-state index is 6.01. The van der Waals surface area contributed by atoms with Crippen molar-refractivity contribution < 1.29 is 9.47 Å². The standard InChI is InChI=1S/C19H24N2O2/c1-3-16-13-21(18-8-7-15(20)12-19(18)23-16)9-10-22-17-6-4-5-14(2)11-17/h4-8,11-12,16H,3,9-10,13,20H2,1-2H3. The minimum atomic E-state index is 0.197. The molecule has 2 aromatic carbocycles. The molecule has 1 heterocycles. The van der Waals surface area contributed by atoms with Crippen LogP contribution >= 0.6 is 0 Å². The molecule has 1 aliphatic heterocycles. The first-order valence-corrected chi connectivity index (χ1v) is 8.16. The van der Waals surface area contributed by atoms with Gasteiger partial charge in [0.15, 0.2) is 0 Å². The molecule has 2 N–H and O–H groups in total. The van der Waals surface area contributed by atoms with Crippen LogP contribution in [0.1, 0.15) is 18.9 Å². The summed E-state index contributed by atoms with van der Waals surface area (Å²) in [6.45, 7) is 6.56. The van der Waals surface area contributed by atoms with Crippen molar-refractivity contribution in [3.8, 4) is 11.5 Å². The van der Waals surface area contributed by atoms with Crippen LogP contribution in [0, 0.1) is 6.92 Å². The molecule has 0 bridgehead atoms. The van der Waals surface area contributed by atoms with Gasteiger partial charge in [-0.25, -0.2) is 0 Å². The van der Waals surface area contributed by atoms with E-state index in [2.05, 4.69) is 30.9 Å². The fourth-order valence-electron chi connectivity index (χ4n) is 2.85. The summed E-state index contributed by atoms with van der Waals surface area (Å²) < 4.78 is 11.9. The van der Waals surface area contributed by atoms with Crippen molar-refractivity contribution in [1.29, 1.82) is 0 Å². The normalized spacial score (nSPS) is 16.6. The van der Waals surface area contributed by atoms with E-state index in [-0.39, 0.29) is 6.10 Å². The van der Waals surface area contributed by atoms with Gasteiger partial charge >= 0.3 is 0 Å². The van der Waals surface area contributed by atoms with Crippen LogP contribution in [0.3, 0.4) is 0 Å². The van der Waals surface area contributed by atoms with E-state index in [1.807, 2.05) is 30.3 Å². The lowest BCUT2D eigenvalue weighted by Crippen LogP contribution is -2.41. The van der Waals surface area contributed by atoms with Crippen molar-refractivity contribution in [3.63, 3.8) is 0 Å². The summed E-state index contributed by atoms with van der Waals surface area (Å²) in [5, 5.41) is 0. The molecule has 0 spiro atoms. The lowest BCUT2D eigenvalue weighted by Gasteiger charge is -2.36. The third-order valence-electron chi connectivity index (χ3n) is 4.12. The second-order valence-electron chi connectivity index (χ2n) is 5.99. The van der Waals surface area contributed by atoms with Crippen molar-refractivity contribution in [2.45, 2.75) is 26.4 Å². The molecule has 1 unspecified atom stereocenters. The topological polar surface area (TPSA) is 47.7 Å². The SMILES string of the molecule is CCC1CN(CCOc2cccc(C)c2)c2ccc(N)cc2O1. The number of fused-ring (bicyclic) bond motifs is 1. The summed E-state index contributed by atoms with van der Waals surface area (Å²) >= 11 is 0. The van der Waals surface area contributed by atoms with Crippen molar-refractivity contribution in [1.82, 2.24) is 0 Å². The smallest absolute Gasteiger partial charge is 0.145 e. The molecule has 2 aromatic rings. The molecule has 0 saturated heterocycles. The molecule has 3 rings (SSSR count). The molecule has 4 nitrogen and oxygen atoms in total. The summed E-state index contributed by atoms with van der Waals surface area (Å²) in [7, 11) is 0. The van der Waals surface area contributed by atoms with E-state index in [4.69, 9.17) is 15.2 Å². The first-order chi connectivity index (χ1) is 11.2. The van der Waals surface area contributed by atoms with Crippen LogP contribution in [0.5, 0.6) is 11.5 Å². The van der Waals surface area contributed by atoms with Gasteiger partial charge in [0.2, 0.25) is 0 Å². The van der Waals surface area contributed by atoms with Crippen molar-refractivity contribution in [3.05, 3.63) is 48.0 Å². The maximum atomic E-state index is 6.01. The Morgan fingerprint density at radius 3 is 2.91 bits per heavy atom. The van der Waals surface area contributed by atoms with Crippen molar-refractivity contribution in [2.75, 3.05) is 30.3 Å². The number of anilines is 2. The fourth-order valence-corrected chi connectivity index (χ4v) is 2.85. The van der Waals surface area contributed by atoms with E-state index in [0.717, 1.165) is 42.4 Å². The molecule has 4 heteroatoms. The Hall–Kier alpha value is -2.36. The third-order valence-corrected chi connectivity index (χ3v) is 4.12. The number of ether oxygens (including phenoxy) is 2. The highest BCUT2D eigenvalue weighted by Crippen LogP contribution is 2.35. The van der Waals surface area contributed by atoms with E-state index < -0.39 is 0 Å². The van der Waals surface area contributed by atoms with E-state index in [0.29, 0.717) is 6.61 Å². The lowest BCUT2D eigenvalue weighted by atomic mass is 10.1. The Morgan fingerprint density at radius 2 is 2.13 bits per heavy atom. The van der Waals surface area contributed by atoms with Crippen LogP contribution in [0.2, 0.25) is 0 Å². The zero-order valence-electron chi connectivity index (χ0n) is 13.8. The van der Waals surface area contributed by atoms with E-state index in [9.17, 15) is 0 Å². The Morgan fingerprint density at radius 1 is 1.26 bits per heavy atom. The molecule has 0 saturated carbocycles. The van der Waals surface area contributed by atoms with E-state index in [1.165, 1.54) is 5.56 Å². The number of aryl methyl sites for hydroxylation is 1. The Balaban J connectivity index is 1.67. The second kappa shape index (κ2) is 6.82. The quantitative estimate of drug-likeness (QED) is 0.856. The molecular formula is C19H24N2O2. The van der Waals surface area contributed by atoms with E-state index in [1.54, 1.807) is 0 Å². The van der Waals surface area contributed by atoms with Crippen LogP contribution < -0.4 is 20.1 Å². The van der Waals surface area contributed by atoms with E-state index >= 15 is 0 Å². The van der Waals surface area contributed by atoms with Gasteiger partial charge in [-0.15, -0.1) is 0 Å². The van der Waals surface area contributed by atoms with Gasteiger partial charge in [-0.1, -0.05) is 19.1 Å². The summed E-state index contributed by atoms with van der Waals surface area (Å²) in [5.74, 6) is 1.79. The Bertz CT molecular complexity index is 672. The summed E-state index contributed by atoms with van der Waals surface area (Å²) in [6.07, 6.45) is 1.17. The molecule has 23 heavy (non-hydrogen) atoms. The largest absolute Gasteiger partial charge is 0.492 e. The zero-order valence-corrected chi connectivity index (χ0v) is 13.8. The number of nitrogens with two attached hydrogens (primary N) is 1. The number of benzene rings is 2. The minimum absolute atomic E-state index is 0.197. The van der Waals surface area contributed by atoms with Crippen LogP contribution in [0.15, 0.2) is 42.5 Å². The molecule has 0 fully saturated rings. The predicted octanol–water partition coefficient (Wildman–Crippen LogP) is 3.63. The van der Waals surface area contributed by atoms with Crippen molar-refractivity contribution in [2.24, 2.45) is 0 Å². The third kappa shape index (κ3) is 3.70. The minimum Gasteiger partial charge on any atom is -0.492 e. The summed E-state index contributed by atoms with van der Waals surface area (Å²) in [5.41, 5.74) is 8.92. The van der Waals surface area contributed by atoms with Crippen LogP contribution in [-0.4, -0.2) is 25.8 Å². The van der Waals surface area contributed by atoms with Crippen molar-refractivity contribution >= 4 is 11.4 Å². The molecule has 0 aromatic heterocycles. The Kier molecular flexibility index (Phi) is 4.60. The van der Waals surface area contributed by atoms with Gasteiger partial charge in [0, 0.05) is 11.8 Å². The molecule has 0 amide bonds. The monoisotopic (exact) mass is 312 g/mol. The summed E-state index contributed by atoms with van der Waals surface area (Å²) in [6, 6.07) is 14.0. The highest BCUT2D eigenvalue weighted by atomic mass is 16.5. The van der Waals surface area contributed by atoms with Gasteiger partial charge < -0.3 is 20.1 Å². The van der Waals surface area contributed by atoms with Crippen LogP contribution in [0.25, 0.3) is 0 Å². The van der Waals surface area contributed by atoms with Crippen LogP contribution in [-0.2, 0) is 0 Å². The van der Waals surface area contributed by atoms with Gasteiger partial charge in [-0.2, -0.15) is 0 Å². The highest BCUT2D eigenvalue weighted by molar-refractivity contribution is 5.65. The zero-order chi connectivity index (χ0) is 16.2. The number of rotatable bonds is 5. The molecule has 0 aliphatic carbocycles. The lowest BCUT2D eigenvalue weighted by molar-refractivity contribution is 0.186. The van der Waals surface area contributed by atoms with Gasteiger partial charge in [0.1, 0.15) is 24.2 Å². The number of hydrogen-bond acceptors (Lipinski definition) is 4. The first-order valence-electron chi connectivity index (χ1n) is 8.16. The van der Waals surface area contributed by atoms with Gasteiger partial charge in [-0.05, 0) is 43.2 Å². The molecular weight excluding hydrogens is 288 g/mol. The molecule has 1 atom stereocenters. The first kappa shape index (κ1) is 15.5. The van der Waals surface area contributed by atoms with Gasteiger partial charge in [0.05, 0.1) is 18.8 Å². The molecule has 0 radical (unpaired) electrons. The predicted molar refractivity (Wildman–Crippen MR) is 94.4 cm³/mol. The number of nitrogens with zero attached hydrogens (tertiary/aromatic N) is 1. The number of hydrogen-bond donors (Lipinski definition) is 1. The average molecular weight is 312 g/mol. The maximum Gasteiger partial charge on any atom is 0.145 e. The Labute approximate surface area is 137 Å². The highest BCUT2D eigenvalue weighted by Gasteiger charge is 2.24. The second-order valence-corrected chi connectivity index (χ2v) is 5.99. The van der Waals surface area contributed by atoms with Gasteiger partial charge in [0.25, 0.3) is 0 Å².